The molecule has 0 amide bonds. The predicted octanol–water partition coefficient (Wildman–Crippen LogP) is 3.94. The van der Waals surface area contributed by atoms with Crippen molar-refractivity contribution in [1.29, 1.82) is 0 Å². The lowest BCUT2D eigenvalue weighted by Gasteiger charge is -2.53. The molecule has 3 aliphatic rings. The van der Waals surface area contributed by atoms with Crippen LogP contribution in [0.15, 0.2) is 36.7 Å². The van der Waals surface area contributed by atoms with Crippen molar-refractivity contribution in [3.8, 4) is 17.3 Å². The average Bonchev–Trinajstić information content (AvgIpc) is 3.38. The number of hydrogen-bond acceptors (Lipinski definition) is 10. The third-order valence-electron chi connectivity index (χ3n) is 7.97. The molecule has 42 heavy (non-hydrogen) atoms. The Bertz CT molecular complexity index is 1480. The van der Waals surface area contributed by atoms with Crippen molar-refractivity contribution in [1.82, 2.24) is 19.9 Å². The van der Waals surface area contributed by atoms with Gasteiger partial charge in [0, 0.05) is 31.4 Å². The average molecular weight is 603 g/mol. The van der Waals surface area contributed by atoms with Crippen LogP contribution in [-0.4, -0.2) is 87.7 Å². The van der Waals surface area contributed by atoms with Gasteiger partial charge in [-0.05, 0) is 31.5 Å². The Morgan fingerprint density at radius 1 is 1.17 bits per heavy atom. The van der Waals surface area contributed by atoms with Crippen LogP contribution in [0.1, 0.15) is 31.2 Å². The van der Waals surface area contributed by atoms with Crippen LogP contribution in [0.3, 0.4) is 0 Å². The Morgan fingerprint density at radius 2 is 1.98 bits per heavy atom. The topological polar surface area (TPSA) is 123 Å². The Balaban J connectivity index is 1.30. The zero-order chi connectivity index (χ0) is 29.6. The SMILES string of the molecule is Cc1ccc(-c2cc(N3C[C@@H](Oc4ncc(Cl)cc4N4CCOC5(COC5)[C@@H]4C)C[C@H]3C(=O)O)nc(C(F)F)n2)nc1. The Morgan fingerprint density at radius 3 is 2.64 bits per heavy atom. The van der Waals surface area contributed by atoms with E-state index in [1.807, 2.05) is 13.8 Å². The van der Waals surface area contributed by atoms with Crippen LogP contribution in [0.4, 0.5) is 20.3 Å². The van der Waals surface area contributed by atoms with Crippen molar-refractivity contribution >= 4 is 29.1 Å². The Kier molecular flexibility index (Phi) is 7.58. The van der Waals surface area contributed by atoms with Crippen LogP contribution < -0.4 is 14.5 Å². The summed E-state index contributed by atoms with van der Waals surface area (Å²) in [4.78, 5) is 32.7. The molecule has 3 atom stereocenters. The van der Waals surface area contributed by atoms with Gasteiger partial charge in [0.25, 0.3) is 6.43 Å². The van der Waals surface area contributed by atoms with Gasteiger partial charge in [0.2, 0.25) is 5.88 Å². The van der Waals surface area contributed by atoms with Crippen molar-refractivity contribution in [2.45, 2.75) is 50.5 Å². The summed E-state index contributed by atoms with van der Waals surface area (Å²) in [6, 6.07) is 5.56. The van der Waals surface area contributed by atoms with E-state index < -0.39 is 36.0 Å². The van der Waals surface area contributed by atoms with Gasteiger partial charge in [-0.2, -0.15) is 0 Å². The van der Waals surface area contributed by atoms with E-state index in [4.69, 9.17) is 25.8 Å². The number of halogens is 3. The van der Waals surface area contributed by atoms with Crippen molar-refractivity contribution in [3.63, 3.8) is 0 Å². The molecule has 0 aliphatic carbocycles. The lowest BCUT2D eigenvalue weighted by Crippen LogP contribution is -2.68. The van der Waals surface area contributed by atoms with Gasteiger partial charge in [0.1, 0.15) is 29.3 Å². The third kappa shape index (κ3) is 5.32. The normalized spacial score (nSPS) is 23.3. The number of carboxylic acid groups (broad SMARTS) is 1. The first-order valence-corrected chi connectivity index (χ1v) is 13.9. The maximum Gasteiger partial charge on any atom is 0.326 e. The lowest BCUT2D eigenvalue weighted by atomic mass is 9.90. The van der Waals surface area contributed by atoms with Crippen LogP contribution in [0.2, 0.25) is 5.02 Å². The molecule has 0 unspecified atom stereocenters. The van der Waals surface area contributed by atoms with Gasteiger partial charge >= 0.3 is 5.97 Å². The lowest BCUT2D eigenvalue weighted by molar-refractivity contribution is -0.228. The number of rotatable bonds is 7. The van der Waals surface area contributed by atoms with Crippen molar-refractivity contribution in [3.05, 3.63) is 53.1 Å². The minimum Gasteiger partial charge on any atom is -0.480 e. The fourth-order valence-corrected chi connectivity index (χ4v) is 5.74. The molecule has 222 valence electrons. The molecule has 3 aromatic heterocycles. The molecule has 6 rings (SSSR count). The fourth-order valence-electron chi connectivity index (χ4n) is 5.59. The Labute approximate surface area is 245 Å². The van der Waals surface area contributed by atoms with Crippen LogP contribution in [-0.2, 0) is 14.3 Å². The minimum absolute atomic E-state index is 0.0502. The molecule has 3 saturated heterocycles. The molecule has 3 fully saturated rings. The number of aryl methyl sites for hydroxylation is 1. The van der Waals surface area contributed by atoms with E-state index in [1.165, 1.54) is 17.2 Å². The summed E-state index contributed by atoms with van der Waals surface area (Å²) < 4.78 is 45.5. The van der Waals surface area contributed by atoms with Gasteiger partial charge in [0.05, 0.1) is 48.8 Å². The molecule has 0 bridgehead atoms. The number of pyridine rings is 2. The number of aliphatic carboxylic acids is 1. The molecule has 14 heteroatoms. The number of morpholine rings is 1. The number of carbonyl (C=O) groups is 1. The second-order valence-electron chi connectivity index (χ2n) is 10.7. The highest BCUT2D eigenvalue weighted by molar-refractivity contribution is 6.30. The smallest absolute Gasteiger partial charge is 0.326 e. The van der Waals surface area contributed by atoms with Crippen molar-refractivity contribution < 1.29 is 32.9 Å². The van der Waals surface area contributed by atoms with Crippen LogP contribution in [0.25, 0.3) is 11.4 Å². The number of ether oxygens (including phenoxy) is 3. The van der Waals surface area contributed by atoms with E-state index in [9.17, 15) is 18.7 Å². The molecule has 1 N–H and O–H groups in total. The van der Waals surface area contributed by atoms with Gasteiger partial charge in [-0.1, -0.05) is 17.7 Å². The fraction of sp³-hybridized carbons (Fsp3) is 0.464. The number of nitrogens with zero attached hydrogens (tertiary/aromatic N) is 6. The maximum absolute atomic E-state index is 13.8. The minimum atomic E-state index is -2.97. The van der Waals surface area contributed by atoms with E-state index in [2.05, 4.69) is 24.8 Å². The zero-order valence-corrected chi connectivity index (χ0v) is 23.7. The highest BCUT2D eigenvalue weighted by atomic mass is 35.5. The summed E-state index contributed by atoms with van der Waals surface area (Å²) in [5.41, 5.74) is 1.65. The molecule has 11 nitrogen and oxygen atoms in total. The molecule has 3 aromatic rings. The summed E-state index contributed by atoms with van der Waals surface area (Å²) in [6.45, 7) is 5.98. The first-order chi connectivity index (χ1) is 20.1. The number of anilines is 2. The molecule has 3 aliphatic heterocycles. The second-order valence-corrected chi connectivity index (χ2v) is 11.2. The zero-order valence-electron chi connectivity index (χ0n) is 22.9. The van der Waals surface area contributed by atoms with Gasteiger partial charge in [-0.15, -0.1) is 0 Å². The van der Waals surface area contributed by atoms with E-state index in [0.29, 0.717) is 48.6 Å². The van der Waals surface area contributed by atoms with Gasteiger partial charge in [-0.3, -0.25) is 4.98 Å². The first-order valence-electron chi connectivity index (χ1n) is 13.5. The summed E-state index contributed by atoms with van der Waals surface area (Å²) in [5.74, 6) is -1.50. The molecule has 0 radical (unpaired) electrons. The summed E-state index contributed by atoms with van der Waals surface area (Å²) in [5, 5.41) is 10.5. The number of carboxylic acids is 1. The maximum atomic E-state index is 13.8. The van der Waals surface area contributed by atoms with Gasteiger partial charge in [-0.25, -0.2) is 28.5 Å². The van der Waals surface area contributed by atoms with E-state index in [1.54, 1.807) is 24.4 Å². The standard InChI is InChI=1S/C28H29ClF2N6O5/c1-15-3-4-19(32-10-15)20-9-23(35-25(34-20)24(30)31)37-12-18(8-22(37)27(38)39)42-26-21(7-17(29)11-33-26)36-5-6-41-28(16(36)2)13-40-14-28/h3-4,7,9-11,16,18,22,24H,5-6,8,12-14H2,1-2H3,(H,38,39)/t16-,18-,22-/m0/s1. The van der Waals surface area contributed by atoms with Crippen molar-refractivity contribution in [2.75, 3.05) is 42.7 Å². The van der Waals surface area contributed by atoms with E-state index in [0.717, 1.165) is 5.56 Å². The monoisotopic (exact) mass is 602 g/mol. The van der Waals surface area contributed by atoms with Gasteiger partial charge < -0.3 is 29.1 Å². The van der Waals surface area contributed by atoms with Crippen LogP contribution in [0, 0.1) is 6.92 Å². The molecular weight excluding hydrogens is 574 g/mol. The first kappa shape index (κ1) is 28.4. The van der Waals surface area contributed by atoms with Crippen LogP contribution in [0.5, 0.6) is 5.88 Å². The predicted molar refractivity (Wildman–Crippen MR) is 148 cm³/mol. The third-order valence-corrected chi connectivity index (χ3v) is 8.18. The van der Waals surface area contributed by atoms with Crippen molar-refractivity contribution in [2.24, 2.45) is 0 Å². The van der Waals surface area contributed by atoms with Crippen LogP contribution >= 0.6 is 11.6 Å². The quantitative estimate of drug-likeness (QED) is 0.423. The number of hydrogen-bond donors (Lipinski definition) is 1. The largest absolute Gasteiger partial charge is 0.480 e. The molecule has 6 heterocycles. The summed E-state index contributed by atoms with van der Waals surface area (Å²) >= 11 is 6.33. The second kappa shape index (κ2) is 11.2. The molecular formula is C28H29ClF2N6O5. The van der Waals surface area contributed by atoms with E-state index >= 15 is 0 Å². The molecule has 1 spiro atoms. The number of aromatic nitrogens is 4. The van der Waals surface area contributed by atoms with Gasteiger partial charge in [0.15, 0.2) is 5.82 Å². The van der Waals surface area contributed by atoms with E-state index in [-0.39, 0.29) is 30.5 Å². The summed E-state index contributed by atoms with van der Waals surface area (Å²) in [7, 11) is 0. The highest BCUT2D eigenvalue weighted by Crippen LogP contribution is 2.40. The highest BCUT2D eigenvalue weighted by Gasteiger charge is 2.50. The Hall–Kier alpha value is -3.68. The number of alkyl halides is 2. The summed E-state index contributed by atoms with van der Waals surface area (Å²) in [6.07, 6.45) is -0.462. The molecule has 0 saturated carbocycles. The molecule has 0 aromatic carbocycles.